The number of rotatable bonds is 9. The molecule has 1 atom stereocenters. The Morgan fingerprint density at radius 2 is 1.69 bits per heavy atom. The molecule has 0 saturated heterocycles. The normalized spacial score (nSPS) is 12.5. The lowest BCUT2D eigenvalue weighted by atomic mass is 9.97. The first kappa shape index (κ1) is 23.5. The lowest BCUT2D eigenvalue weighted by Gasteiger charge is -2.25. The Kier molecular flexibility index (Phi) is 8.33. The Bertz CT molecular complexity index is 913. The van der Waals surface area contributed by atoms with Crippen molar-refractivity contribution in [2.45, 2.75) is 26.3 Å². The third-order valence-corrected chi connectivity index (χ3v) is 6.22. The van der Waals surface area contributed by atoms with Crippen molar-refractivity contribution in [1.29, 1.82) is 0 Å². The van der Waals surface area contributed by atoms with E-state index in [0.29, 0.717) is 11.6 Å². The average molecular weight is 530 g/mol. The van der Waals surface area contributed by atoms with E-state index in [1.165, 1.54) is 0 Å². The topological polar surface area (TPSA) is 75.7 Å². The van der Waals surface area contributed by atoms with E-state index in [2.05, 4.69) is 41.8 Å². The molecule has 2 aromatic carbocycles. The lowest BCUT2D eigenvalue weighted by Crippen LogP contribution is -2.41. The van der Waals surface area contributed by atoms with E-state index >= 15 is 0 Å². The SMILES string of the molecule is COc1ccc([C@H](CC(C)C)NC(=O)CN(c2ccc(I)cc2)S(C)(=O)=O)cc1. The average Bonchev–Trinajstić information content (AvgIpc) is 2.65. The molecule has 8 heteroatoms. The Morgan fingerprint density at radius 1 is 1.10 bits per heavy atom. The number of nitrogens with zero attached hydrogens (tertiary/aromatic N) is 1. The minimum atomic E-state index is -3.60. The molecule has 0 saturated carbocycles. The van der Waals surface area contributed by atoms with Crippen LogP contribution in [0.4, 0.5) is 5.69 Å². The standard InChI is InChI=1S/C21H27IN2O4S/c1-15(2)13-20(16-5-11-19(28-3)12-6-16)23-21(25)14-24(29(4,26)27)18-9-7-17(22)8-10-18/h5-12,15,20H,13-14H2,1-4H3,(H,23,25)/t20-/m0/s1. The van der Waals surface area contributed by atoms with Crippen LogP contribution in [-0.4, -0.2) is 34.2 Å². The summed E-state index contributed by atoms with van der Waals surface area (Å²) in [5.74, 6) is 0.741. The van der Waals surface area contributed by atoms with Gasteiger partial charge in [0.25, 0.3) is 0 Å². The molecule has 0 aliphatic heterocycles. The van der Waals surface area contributed by atoms with Gasteiger partial charge in [0.05, 0.1) is 25.1 Å². The summed E-state index contributed by atoms with van der Waals surface area (Å²) in [5, 5.41) is 3.00. The smallest absolute Gasteiger partial charge is 0.241 e. The van der Waals surface area contributed by atoms with Crippen molar-refractivity contribution in [3.63, 3.8) is 0 Å². The molecule has 1 N–H and O–H groups in total. The number of methoxy groups -OCH3 is 1. The first-order valence-electron chi connectivity index (χ1n) is 9.26. The number of carbonyl (C=O) groups excluding carboxylic acids is 1. The minimum absolute atomic E-state index is 0.216. The molecule has 0 aliphatic carbocycles. The molecule has 0 heterocycles. The van der Waals surface area contributed by atoms with Gasteiger partial charge >= 0.3 is 0 Å². The Morgan fingerprint density at radius 3 is 2.17 bits per heavy atom. The van der Waals surface area contributed by atoms with Gasteiger partial charge in [-0.25, -0.2) is 8.42 Å². The molecule has 2 rings (SSSR count). The largest absolute Gasteiger partial charge is 0.497 e. The molecule has 0 radical (unpaired) electrons. The van der Waals surface area contributed by atoms with Gasteiger partial charge in [0.1, 0.15) is 12.3 Å². The second-order valence-corrected chi connectivity index (χ2v) is 10.4. The second-order valence-electron chi connectivity index (χ2n) is 7.27. The van der Waals surface area contributed by atoms with E-state index < -0.39 is 10.0 Å². The quantitative estimate of drug-likeness (QED) is 0.498. The summed E-state index contributed by atoms with van der Waals surface area (Å²) in [7, 11) is -2.00. The predicted molar refractivity (Wildman–Crippen MR) is 125 cm³/mol. The maximum Gasteiger partial charge on any atom is 0.241 e. The number of ether oxygens (including phenoxy) is 1. The zero-order chi connectivity index (χ0) is 21.6. The molecule has 6 nitrogen and oxygen atoms in total. The van der Waals surface area contributed by atoms with E-state index in [0.717, 1.165) is 31.9 Å². The fourth-order valence-corrected chi connectivity index (χ4v) is 4.18. The van der Waals surface area contributed by atoms with Crippen LogP contribution < -0.4 is 14.4 Å². The van der Waals surface area contributed by atoms with Crippen LogP contribution in [0.25, 0.3) is 0 Å². The van der Waals surface area contributed by atoms with E-state index in [4.69, 9.17) is 4.74 Å². The summed E-state index contributed by atoms with van der Waals surface area (Å²) in [6, 6.07) is 14.3. The molecule has 158 valence electrons. The number of sulfonamides is 1. The summed E-state index contributed by atoms with van der Waals surface area (Å²) in [6.07, 6.45) is 1.84. The van der Waals surface area contributed by atoms with Gasteiger partial charge in [-0.1, -0.05) is 26.0 Å². The van der Waals surface area contributed by atoms with Crippen molar-refractivity contribution < 1.29 is 17.9 Å². The maximum atomic E-state index is 12.8. The number of anilines is 1. The van der Waals surface area contributed by atoms with Crippen LogP contribution in [0, 0.1) is 9.49 Å². The van der Waals surface area contributed by atoms with Crippen LogP contribution >= 0.6 is 22.6 Å². The zero-order valence-corrected chi connectivity index (χ0v) is 20.0. The third-order valence-electron chi connectivity index (χ3n) is 4.36. The number of hydrogen-bond donors (Lipinski definition) is 1. The number of benzene rings is 2. The van der Waals surface area contributed by atoms with Crippen molar-refractivity contribution in [1.82, 2.24) is 5.32 Å². The highest BCUT2D eigenvalue weighted by atomic mass is 127. The summed E-state index contributed by atoms with van der Waals surface area (Å²) < 4.78 is 31.9. The highest BCUT2D eigenvalue weighted by molar-refractivity contribution is 14.1. The van der Waals surface area contributed by atoms with Gasteiger partial charge in [-0.3, -0.25) is 9.10 Å². The molecule has 29 heavy (non-hydrogen) atoms. The molecule has 0 aliphatic rings. The summed E-state index contributed by atoms with van der Waals surface area (Å²) >= 11 is 2.15. The van der Waals surface area contributed by atoms with Crippen LogP contribution in [0.15, 0.2) is 48.5 Å². The van der Waals surface area contributed by atoms with Gasteiger partial charge in [-0.2, -0.15) is 0 Å². The molecular weight excluding hydrogens is 503 g/mol. The molecule has 0 unspecified atom stereocenters. The monoisotopic (exact) mass is 530 g/mol. The predicted octanol–water partition coefficient (Wildman–Crippen LogP) is 3.97. The van der Waals surface area contributed by atoms with Gasteiger partial charge in [-0.05, 0) is 76.9 Å². The van der Waals surface area contributed by atoms with Crippen molar-refractivity contribution in [2.24, 2.45) is 5.92 Å². The van der Waals surface area contributed by atoms with Gasteiger partial charge < -0.3 is 10.1 Å². The van der Waals surface area contributed by atoms with E-state index in [9.17, 15) is 13.2 Å². The molecule has 0 fully saturated rings. The molecule has 0 bridgehead atoms. The fraction of sp³-hybridized carbons (Fsp3) is 0.381. The Hall–Kier alpha value is -1.81. The third kappa shape index (κ3) is 7.18. The number of halogens is 1. The van der Waals surface area contributed by atoms with Crippen LogP contribution in [0.3, 0.4) is 0 Å². The number of carbonyl (C=O) groups is 1. The molecule has 1 amide bonds. The molecular formula is C21H27IN2O4S. The Balaban J connectivity index is 2.20. The van der Waals surface area contributed by atoms with Crippen molar-refractivity contribution in [2.75, 3.05) is 24.2 Å². The van der Waals surface area contributed by atoms with E-state index in [1.807, 2.05) is 36.4 Å². The number of nitrogens with one attached hydrogen (secondary N) is 1. The van der Waals surface area contributed by atoms with Gasteiger partial charge in [-0.15, -0.1) is 0 Å². The maximum absolute atomic E-state index is 12.8. The highest BCUT2D eigenvalue weighted by Gasteiger charge is 2.23. The number of amides is 1. The van der Waals surface area contributed by atoms with Crippen molar-refractivity contribution in [3.05, 3.63) is 57.7 Å². The summed E-state index contributed by atoms with van der Waals surface area (Å²) in [4.78, 5) is 12.8. The van der Waals surface area contributed by atoms with Crippen LogP contribution in [-0.2, 0) is 14.8 Å². The molecule has 0 spiro atoms. The highest BCUT2D eigenvalue weighted by Crippen LogP contribution is 2.24. The van der Waals surface area contributed by atoms with Crippen LogP contribution in [0.5, 0.6) is 5.75 Å². The lowest BCUT2D eigenvalue weighted by molar-refractivity contribution is -0.120. The van der Waals surface area contributed by atoms with Crippen LogP contribution in [0.2, 0.25) is 0 Å². The molecule has 0 aromatic heterocycles. The van der Waals surface area contributed by atoms with Crippen molar-refractivity contribution >= 4 is 44.2 Å². The first-order chi connectivity index (χ1) is 13.6. The zero-order valence-electron chi connectivity index (χ0n) is 17.1. The van der Waals surface area contributed by atoms with Gasteiger partial charge in [0.15, 0.2) is 0 Å². The molecule has 2 aromatic rings. The van der Waals surface area contributed by atoms with Crippen molar-refractivity contribution in [3.8, 4) is 5.75 Å². The fourth-order valence-electron chi connectivity index (χ4n) is 2.96. The first-order valence-corrected chi connectivity index (χ1v) is 12.2. The second kappa shape index (κ2) is 10.3. The van der Waals surface area contributed by atoms with Gasteiger partial charge in [0, 0.05) is 3.57 Å². The summed E-state index contributed by atoms with van der Waals surface area (Å²) in [5.41, 5.74) is 1.42. The minimum Gasteiger partial charge on any atom is -0.497 e. The van der Waals surface area contributed by atoms with Gasteiger partial charge in [0.2, 0.25) is 15.9 Å². The Labute approximate surface area is 186 Å². The van der Waals surface area contributed by atoms with E-state index in [-0.39, 0.29) is 18.5 Å². The van der Waals surface area contributed by atoms with Crippen LogP contribution in [0.1, 0.15) is 31.9 Å². The number of hydrogen-bond acceptors (Lipinski definition) is 4. The summed E-state index contributed by atoms with van der Waals surface area (Å²) in [6.45, 7) is 3.89. The van der Waals surface area contributed by atoms with E-state index in [1.54, 1.807) is 19.2 Å².